The van der Waals surface area contributed by atoms with Gasteiger partial charge in [0.25, 0.3) is 0 Å². The number of hydrogen-bond acceptors (Lipinski definition) is 3. The average molecular weight is 810 g/mol. The number of unbranched alkanes of at least 4 members (excludes halogenated alkanes) is 31. The lowest BCUT2D eigenvalue weighted by Gasteiger charge is -2.19. The van der Waals surface area contributed by atoms with Gasteiger partial charge < -0.3 is 15.5 Å². The first-order valence-corrected chi connectivity index (χ1v) is 25.5. The van der Waals surface area contributed by atoms with Gasteiger partial charge in [0.2, 0.25) is 5.91 Å². The van der Waals surface area contributed by atoms with E-state index in [9.17, 15) is 15.0 Å². The number of allylic oxidation sites excluding steroid dienone is 9. The summed E-state index contributed by atoms with van der Waals surface area (Å²) in [6.07, 6.45) is 69.3. The Balaban J connectivity index is 3.59. The van der Waals surface area contributed by atoms with Gasteiger partial charge in [-0.2, -0.15) is 0 Å². The second-order valence-corrected chi connectivity index (χ2v) is 17.2. The van der Waals surface area contributed by atoms with E-state index >= 15 is 0 Å². The molecule has 0 aliphatic heterocycles. The number of rotatable bonds is 46. The summed E-state index contributed by atoms with van der Waals surface area (Å²) in [7, 11) is 0. The van der Waals surface area contributed by atoms with Gasteiger partial charge in [-0.1, -0.05) is 235 Å². The normalized spacial score (nSPS) is 13.4. The van der Waals surface area contributed by atoms with Crippen molar-refractivity contribution in [2.24, 2.45) is 0 Å². The van der Waals surface area contributed by atoms with Crippen molar-refractivity contribution in [3.05, 3.63) is 60.8 Å². The molecule has 0 saturated carbocycles. The van der Waals surface area contributed by atoms with Crippen LogP contribution in [0, 0.1) is 0 Å². The van der Waals surface area contributed by atoms with Crippen molar-refractivity contribution in [2.45, 2.75) is 270 Å². The lowest BCUT2D eigenvalue weighted by Crippen LogP contribution is -2.45. The first kappa shape index (κ1) is 56.1. The fourth-order valence-electron chi connectivity index (χ4n) is 7.54. The van der Waals surface area contributed by atoms with Crippen LogP contribution < -0.4 is 5.32 Å². The van der Waals surface area contributed by atoms with Crippen molar-refractivity contribution in [3.8, 4) is 0 Å². The molecule has 58 heavy (non-hydrogen) atoms. The number of nitrogens with one attached hydrogen (secondary N) is 1. The SMILES string of the molecule is CCCCC/C=C\C/C=C\CCCCCCCCCC(=O)NC(CO)C(O)/C=C/CC/C=C/CC/C=C/CCCCCCCCCCCCCCCCCCCCC. The zero-order chi connectivity index (χ0) is 42.1. The predicted molar refractivity (Wildman–Crippen MR) is 258 cm³/mol. The Labute approximate surface area is 362 Å². The molecule has 1 amide bonds. The lowest BCUT2D eigenvalue weighted by atomic mass is 10.0. The second-order valence-electron chi connectivity index (χ2n) is 17.2. The third-order valence-electron chi connectivity index (χ3n) is 11.5. The van der Waals surface area contributed by atoms with Gasteiger partial charge in [-0.3, -0.25) is 4.79 Å². The summed E-state index contributed by atoms with van der Waals surface area (Å²) >= 11 is 0. The Morgan fingerprint density at radius 3 is 1.14 bits per heavy atom. The third kappa shape index (κ3) is 45.2. The molecule has 0 radical (unpaired) electrons. The number of aliphatic hydroxyl groups excluding tert-OH is 2. The molecule has 0 aromatic rings. The first-order chi connectivity index (χ1) is 28.7. The number of hydrogen-bond donors (Lipinski definition) is 3. The van der Waals surface area contributed by atoms with Gasteiger partial charge in [-0.15, -0.1) is 0 Å². The number of carbonyl (C=O) groups is 1. The largest absolute Gasteiger partial charge is 0.394 e. The van der Waals surface area contributed by atoms with Crippen molar-refractivity contribution >= 4 is 5.91 Å². The number of amides is 1. The highest BCUT2D eigenvalue weighted by molar-refractivity contribution is 5.76. The van der Waals surface area contributed by atoms with Crippen molar-refractivity contribution < 1.29 is 15.0 Å². The van der Waals surface area contributed by atoms with E-state index in [1.54, 1.807) is 6.08 Å². The molecular weight excluding hydrogens is 711 g/mol. The maximum Gasteiger partial charge on any atom is 0.220 e. The minimum absolute atomic E-state index is 0.0864. The molecule has 2 unspecified atom stereocenters. The average Bonchev–Trinajstić information content (AvgIpc) is 3.23. The van der Waals surface area contributed by atoms with Crippen molar-refractivity contribution in [2.75, 3.05) is 6.61 Å². The maximum absolute atomic E-state index is 12.4. The van der Waals surface area contributed by atoms with Crippen LogP contribution in [-0.4, -0.2) is 34.9 Å². The van der Waals surface area contributed by atoms with E-state index < -0.39 is 12.1 Å². The summed E-state index contributed by atoms with van der Waals surface area (Å²) in [5.41, 5.74) is 0. The Morgan fingerprint density at radius 2 is 0.724 bits per heavy atom. The zero-order valence-electron chi connectivity index (χ0n) is 38.8. The maximum atomic E-state index is 12.4. The summed E-state index contributed by atoms with van der Waals surface area (Å²) in [5.74, 6) is -0.0864. The molecule has 3 N–H and O–H groups in total. The first-order valence-electron chi connectivity index (χ1n) is 25.5. The van der Waals surface area contributed by atoms with Gasteiger partial charge in [0.15, 0.2) is 0 Å². The molecule has 2 atom stereocenters. The van der Waals surface area contributed by atoms with Gasteiger partial charge in [0.1, 0.15) is 0 Å². The molecular formula is C54H99NO3. The Bertz CT molecular complexity index is 965. The minimum atomic E-state index is -0.876. The van der Waals surface area contributed by atoms with Gasteiger partial charge in [-0.05, 0) is 77.0 Å². The fraction of sp³-hybridized carbons (Fsp3) is 0.796. The highest BCUT2D eigenvalue weighted by Gasteiger charge is 2.17. The van der Waals surface area contributed by atoms with Gasteiger partial charge in [0.05, 0.1) is 18.8 Å². The second kappa shape index (κ2) is 49.5. The molecule has 0 spiro atoms. The molecule has 0 fully saturated rings. The molecule has 0 saturated heterocycles. The van der Waals surface area contributed by atoms with Crippen LogP contribution in [0.15, 0.2) is 60.8 Å². The highest BCUT2D eigenvalue weighted by atomic mass is 16.3. The minimum Gasteiger partial charge on any atom is -0.394 e. The molecule has 0 aromatic carbocycles. The van der Waals surface area contributed by atoms with Crippen LogP contribution >= 0.6 is 0 Å². The Kier molecular flexibility index (Phi) is 47.8. The number of carbonyl (C=O) groups excluding carboxylic acids is 1. The van der Waals surface area contributed by atoms with Crippen molar-refractivity contribution in [1.29, 1.82) is 0 Å². The molecule has 0 bridgehead atoms. The summed E-state index contributed by atoms with van der Waals surface area (Å²) in [5, 5.41) is 23.0. The van der Waals surface area contributed by atoms with Crippen LogP contribution in [0.3, 0.4) is 0 Å². The quantitative estimate of drug-likeness (QED) is 0.0424. The molecule has 4 heteroatoms. The van der Waals surface area contributed by atoms with Crippen LogP contribution in [0.4, 0.5) is 0 Å². The Morgan fingerprint density at radius 1 is 0.414 bits per heavy atom. The zero-order valence-corrected chi connectivity index (χ0v) is 38.8. The monoisotopic (exact) mass is 810 g/mol. The van der Waals surface area contributed by atoms with E-state index in [1.165, 1.54) is 186 Å². The topological polar surface area (TPSA) is 69.6 Å². The van der Waals surface area contributed by atoms with E-state index in [2.05, 4.69) is 67.8 Å². The van der Waals surface area contributed by atoms with Crippen molar-refractivity contribution in [1.82, 2.24) is 5.32 Å². The van der Waals surface area contributed by atoms with E-state index in [1.807, 2.05) is 6.08 Å². The molecule has 4 nitrogen and oxygen atoms in total. The van der Waals surface area contributed by atoms with E-state index in [0.29, 0.717) is 6.42 Å². The third-order valence-corrected chi connectivity index (χ3v) is 11.5. The Hall–Kier alpha value is -1.91. The smallest absolute Gasteiger partial charge is 0.220 e. The van der Waals surface area contributed by atoms with E-state index in [0.717, 1.165) is 51.4 Å². The summed E-state index contributed by atoms with van der Waals surface area (Å²) in [4.78, 5) is 12.4. The molecule has 0 aliphatic carbocycles. The molecule has 0 rings (SSSR count). The summed E-state index contributed by atoms with van der Waals surface area (Å²) in [6.45, 7) is 4.28. The summed E-state index contributed by atoms with van der Waals surface area (Å²) < 4.78 is 0. The predicted octanol–water partition coefficient (Wildman–Crippen LogP) is 16.5. The van der Waals surface area contributed by atoms with Crippen LogP contribution in [0.2, 0.25) is 0 Å². The van der Waals surface area contributed by atoms with Crippen LogP contribution in [-0.2, 0) is 4.79 Å². The van der Waals surface area contributed by atoms with Gasteiger partial charge in [-0.25, -0.2) is 0 Å². The van der Waals surface area contributed by atoms with Crippen LogP contribution in [0.5, 0.6) is 0 Å². The van der Waals surface area contributed by atoms with Gasteiger partial charge in [0, 0.05) is 6.42 Å². The van der Waals surface area contributed by atoms with E-state index in [-0.39, 0.29) is 12.5 Å². The highest BCUT2D eigenvalue weighted by Crippen LogP contribution is 2.16. The number of aliphatic hydroxyl groups is 2. The molecule has 0 heterocycles. The van der Waals surface area contributed by atoms with Crippen LogP contribution in [0.1, 0.15) is 258 Å². The van der Waals surface area contributed by atoms with E-state index in [4.69, 9.17) is 0 Å². The molecule has 0 aliphatic rings. The van der Waals surface area contributed by atoms with Crippen LogP contribution in [0.25, 0.3) is 0 Å². The van der Waals surface area contributed by atoms with Gasteiger partial charge >= 0.3 is 0 Å². The molecule has 0 aromatic heterocycles. The fourth-order valence-corrected chi connectivity index (χ4v) is 7.54. The van der Waals surface area contributed by atoms with Crippen molar-refractivity contribution in [3.63, 3.8) is 0 Å². The lowest BCUT2D eigenvalue weighted by molar-refractivity contribution is -0.123. The summed E-state index contributed by atoms with van der Waals surface area (Å²) in [6, 6.07) is -0.652. The molecule has 338 valence electrons. The standard InChI is InChI=1S/C54H99NO3/c1-3-5-7-9-11-13-15-17-19-21-22-23-24-25-26-27-28-29-30-31-32-34-35-37-39-41-43-45-47-49-53(57)52(51-56)55-54(58)50-48-46-44-42-40-38-36-33-20-18-16-14-12-10-8-6-4-2/h12,14,18,20,32,34,39,41,47,49,52-53,56-57H,3-11,13,15-17,19,21-31,33,35-38,40,42-46,48,50-51H2,1-2H3,(H,55,58)/b14-12-,20-18-,34-32+,41-39+,49-47+.